The molecule has 0 aliphatic carbocycles. The lowest BCUT2D eigenvalue weighted by Crippen LogP contribution is -1.95. The van der Waals surface area contributed by atoms with E-state index in [1.807, 2.05) is 31.2 Å². The number of hydrogen-bond acceptors (Lipinski definition) is 4. The van der Waals surface area contributed by atoms with E-state index in [9.17, 15) is 0 Å². The predicted molar refractivity (Wildman–Crippen MR) is 57.7 cm³/mol. The Bertz CT molecular complexity index is 454. The van der Waals surface area contributed by atoms with Crippen molar-refractivity contribution >= 4 is 5.95 Å². The zero-order valence-electron chi connectivity index (χ0n) is 8.34. The van der Waals surface area contributed by atoms with E-state index in [0.717, 1.165) is 5.75 Å². The van der Waals surface area contributed by atoms with E-state index in [-0.39, 0.29) is 5.95 Å². The minimum atomic E-state index is 0.208. The second-order valence-corrected chi connectivity index (χ2v) is 3.17. The average molecular weight is 201 g/mol. The van der Waals surface area contributed by atoms with E-state index >= 15 is 0 Å². The molecule has 4 heteroatoms. The van der Waals surface area contributed by atoms with Crippen LogP contribution in [0.3, 0.4) is 0 Å². The molecule has 0 fully saturated rings. The Balaban J connectivity index is 2.18. The van der Waals surface area contributed by atoms with E-state index in [0.29, 0.717) is 5.88 Å². The standard InChI is InChI=1S/C11H11N3O/c1-8-2-4-9(5-3-8)15-10-6-7-13-11(12)14-10/h2-7H,1H3,(H2,12,13,14). The van der Waals surface area contributed by atoms with Gasteiger partial charge in [0.25, 0.3) is 0 Å². The van der Waals surface area contributed by atoms with Crippen LogP contribution in [-0.2, 0) is 0 Å². The van der Waals surface area contributed by atoms with Crippen molar-refractivity contribution in [2.24, 2.45) is 0 Å². The van der Waals surface area contributed by atoms with Gasteiger partial charge in [0, 0.05) is 12.3 Å². The Labute approximate surface area is 87.7 Å². The fourth-order valence-corrected chi connectivity index (χ4v) is 1.14. The molecule has 0 spiro atoms. The first-order valence-electron chi connectivity index (χ1n) is 4.57. The van der Waals surface area contributed by atoms with Crippen molar-refractivity contribution in [2.75, 3.05) is 5.73 Å². The number of nitrogen functional groups attached to an aromatic ring is 1. The highest BCUT2D eigenvalue weighted by atomic mass is 16.5. The second-order valence-electron chi connectivity index (χ2n) is 3.17. The van der Waals surface area contributed by atoms with Crippen molar-refractivity contribution in [1.29, 1.82) is 0 Å². The van der Waals surface area contributed by atoms with Gasteiger partial charge in [0.1, 0.15) is 5.75 Å². The molecule has 0 radical (unpaired) electrons. The molecule has 0 aliphatic rings. The molecule has 0 saturated heterocycles. The van der Waals surface area contributed by atoms with Gasteiger partial charge >= 0.3 is 0 Å². The molecule has 15 heavy (non-hydrogen) atoms. The fourth-order valence-electron chi connectivity index (χ4n) is 1.14. The van der Waals surface area contributed by atoms with Crippen molar-refractivity contribution < 1.29 is 4.74 Å². The summed E-state index contributed by atoms with van der Waals surface area (Å²) in [6, 6.07) is 9.37. The lowest BCUT2D eigenvalue weighted by atomic mass is 10.2. The lowest BCUT2D eigenvalue weighted by molar-refractivity contribution is 0.462. The molecule has 0 saturated carbocycles. The molecule has 4 nitrogen and oxygen atoms in total. The Kier molecular flexibility index (Phi) is 2.49. The van der Waals surface area contributed by atoms with E-state index in [2.05, 4.69) is 9.97 Å². The Morgan fingerprint density at radius 2 is 1.87 bits per heavy atom. The quantitative estimate of drug-likeness (QED) is 0.808. The SMILES string of the molecule is Cc1ccc(Oc2ccnc(N)n2)cc1. The number of rotatable bonds is 2. The zero-order chi connectivity index (χ0) is 10.7. The summed E-state index contributed by atoms with van der Waals surface area (Å²) in [6.45, 7) is 2.02. The van der Waals surface area contributed by atoms with Gasteiger partial charge in [-0.3, -0.25) is 0 Å². The third kappa shape index (κ3) is 2.43. The summed E-state index contributed by atoms with van der Waals surface area (Å²) in [6.07, 6.45) is 1.56. The zero-order valence-corrected chi connectivity index (χ0v) is 8.34. The van der Waals surface area contributed by atoms with Crippen molar-refractivity contribution in [3.05, 3.63) is 42.1 Å². The maximum atomic E-state index is 5.48. The van der Waals surface area contributed by atoms with Gasteiger partial charge in [0.15, 0.2) is 0 Å². The molecule has 2 aromatic rings. The van der Waals surface area contributed by atoms with Crippen LogP contribution in [0.1, 0.15) is 5.56 Å². The Hall–Kier alpha value is -2.10. The first-order valence-corrected chi connectivity index (χ1v) is 4.57. The predicted octanol–water partition coefficient (Wildman–Crippen LogP) is 2.16. The third-order valence-corrected chi connectivity index (χ3v) is 1.89. The highest BCUT2D eigenvalue weighted by molar-refractivity contribution is 5.31. The summed E-state index contributed by atoms with van der Waals surface area (Å²) in [5.41, 5.74) is 6.62. The minimum absolute atomic E-state index is 0.208. The first kappa shape index (κ1) is 9.45. The molecule has 1 aromatic carbocycles. The van der Waals surface area contributed by atoms with Gasteiger partial charge in [0.2, 0.25) is 11.8 Å². The van der Waals surface area contributed by atoms with Gasteiger partial charge in [-0.05, 0) is 19.1 Å². The normalized spacial score (nSPS) is 9.93. The summed E-state index contributed by atoms with van der Waals surface area (Å²) in [4.78, 5) is 7.72. The smallest absolute Gasteiger partial charge is 0.224 e. The van der Waals surface area contributed by atoms with Crippen LogP contribution in [0.25, 0.3) is 0 Å². The van der Waals surface area contributed by atoms with Crippen molar-refractivity contribution in [1.82, 2.24) is 9.97 Å². The number of ether oxygens (including phenoxy) is 1. The third-order valence-electron chi connectivity index (χ3n) is 1.89. The molecule has 1 heterocycles. The van der Waals surface area contributed by atoms with Crippen LogP contribution in [0.2, 0.25) is 0 Å². The topological polar surface area (TPSA) is 61.0 Å². The summed E-state index contributed by atoms with van der Waals surface area (Å²) >= 11 is 0. The second kappa shape index (κ2) is 3.96. The lowest BCUT2D eigenvalue weighted by Gasteiger charge is -2.04. The van der Waals surface area contributed by atoms with Crippen LogP contribution < -0.4 is 10.5 Å². The largest absolute Gasteiger partial charge is 0.439 e. The van der Waals surface area contributed by atoms with Gasteiger partial charge in [-0.15, -0.1) is 0 Å². The monoisotopic (exact) mass is 201 g/mol. The minimum Gasteiger partial charge on any atom is -0.439 e. The van der Waals surface area contributed by atoms with Crippen molar-refractivity contribution in [2.45, 2.75) is 6.92 Å². The van der Waals surface area contributed by atoms with E-state index in [1.54, 1.807) is 12.3 Å². The molecule has 0 atom stereocenters. The van der Waals surface area contributed by atoms with Gasteiger partial charge in [-0.2, -0.15) is 4.98 Å². The number of nitrogens with zero attached hydrogens (tertiary/aromatic N) is 2. The summed E-state index contributed by atoms with van der Waals surface area (Å²) in [5.74, 6) is 1.39. The molecule has 0 amide bonds. The summed E-state index contributed by atoms with van der Waals surface area (Å²) in [7, 11) is 0. The van der Waals surface area contributed by atoms with Gasteiger partial charge in [0.05, 0.1) is 0 Å². The number of aryl methyl sites for hydroxylation is 1. The van der Waals surface area contributed by atoms with Crippen LogP contribution in [0.5, 0.6) is 11.6 Å². The molecule has 0 aliphatic heterocycles. The van der Waals surface area contributed by atoms with Crippen LogP contribution in [0, 0.1) is 6.92 Å². The average Bonchev–Trinajstić information content (AvgIpc) is 2.22. The number of nitrogens with two attached hydrogens (primary N) is 1. The van der Waals surface area contributed by atoms with E-state index in [4.69, 9.17) is 10.5 Å². The number of hydrogen-bond donors (Lipinski definition) is 1. The molecule has 76 valence electrons. The van der Waals surface area contributed by atoms with Crippen LogP contribution in [0.4, 0.5) is 5.95 Å². The number of anilines is 1. The summed E-state index contributed by atoms with van der Waals surface area (Å²) < 4.78 is 5.48. The van der Waals surface area contributed by atoms with Crippen LogP contribution in [-0.4, -0.2) is 9.97 Å². The van der Waals surface area contributed by atoms with Gasteiger partial charge < -0.3 is 10.5 Å². The molecule has 1 aromatic heterocycles. The molecule has 2 N–H and O–H groups in total. The Morgan fingerprint density at radius 1 is 1.13 bits per heavy atom. The molecular weight excluding hydrogens is 190 g/mol. The Morgan fingerprint density at radius 3 is 2.53 bits per heavy atom. The van der Waals surface area contributed by atoms with E-state index in [1.165, 1.54) is 5.56 Å². The van der Waals surface area contributed by atoms with Crippen LogP contribution >= 0.6 is 0 Å². The van der Waals surface area contributed by atoms with Crippen LogP contribution in [0.15, 0.2) is 36.5 Å². The first-order chi connectivity index (χ1) is 7.24. The number of benzene rings is 1. The molecular formula is C11H11N3O. The highest BCUT2D eigenvalue weighted by Crippen LogP contribution is 2.19. The van der Waals surface area contributed by atoms with E-state index < -0.39 is 0 Å². The summed E-state index contributed by atoms with van der Waals surface area (Å²) in [5, 5.41) is 0. The van der Waals surface area contributed by atoms with Gasteiger partial charge in [-0.1, -0.05) is 17.7 Å². The highest BCUT2D eigenvalue weighted by Gasteiger charge is 1.98. The number of aromatic nitrogens is 2. The fraction of sp³-hybridized carbons (Fsp3) is 0.0909. The van der Waals surface area contributed by atoms with Gasteiger partial charge in [-0.25, -0.2) is 4.98 Å². The molecule has 0 bridgehead atoms. The van der Waals surface area contributed by atoms with Crippen molar-refractivity contribution in [3.63, 3.8) is 0 Å². The molecule has 0 unspecified atom stereocenters. The van der Waals surface area contributed by atoms with Crippen molar-refractivity contribution in [3.8, 4) is 11.6 Å². The maximum Gasteiger partial charge on any atom is 0.224 e. The maximum absolute atomic E-state index is 5.48. The molecule has 2 rings (SSSR count).